The van der Waals surface area contributed by atoms with Crippen molar-refractivity contribution in [3.8, 4) is 5.69 Å². The van der Waals surface area contributed by atoms with Crippen molar-refractivity contribution in [1.82, 2.24) is 30.1 Å². The molecule has 1 aliphatic rings. The summed E-state index contributed by atoms with van der Waals surface area (Å²) in [5.74, 6) is 0.698. The molecule has 8 nitrogen and oxygen atoms in total. The topological polar surface area (TPSA) is 80.0 Å². The van der Waals surface area contributed by atoms with Crippen LogP contribution in [0.5, 0.6) is 0 Å². The summed E-state index contributed by atoms with van der Waals surface area (Å²) in [7, 11) is 0. The molecule has 9 heteroatoms. The van der Waals surface area contributed by atoms with Crippen LogP contribution in [0.4, 0.5) is 5.95 Å². The number of benzene rings is 1. The summed E-state index contributed by atoms with van der Waals surface area (Å²) in [4.78, 5) is 20.4. The number of para-hydroxylation sites is 1. The van der Waals surface area contributed by atoms with E-state index in [1.165, 1.54) is 11.3 Å². The predicted octanol–water partition coefficient (Wildman–Crippen LogP) is 1.48. The second-order valence-corrected chi connectivity index (χ2v) is 6.67. The Morgan fingerprint density at radius 3 is 2.65 bits per heavy atom. The number of hydrogen-bond donors (Lipinski definition) is 0. The Labute approximate surface area is 154 Å². The molecule has 1 fully saturated rings. The molecule has 1 saturated heterocycles. The standard InChI is InChI=1S/C17H17N7OS/c25-16(7-6-15-18-8-13-26-15)22-9-11-23(12-10-22)17-19-20-21-24(17)14-4-2-1-3-5-14/h1-8,13H,9-12H2/b7-6+. The summed E-state index contributed by atoms with van der Waals surface area (Å²) in [5.41, 5.74) is 0.914. The summed E-state index contributed by atoms with van der Waals surface area (Å²) >= 11 is 1.51. The Balaban J connectivity index is 1.40. The van der Waals surface area contributed by atoms with Crippen molar-refractivity contribution in [3.63, 3.8) is 0 Å². The highest BCUT2D eigenvalue weighted by molar-refractivity contribution is 7.10. The first kappa shape index (κ1) is 16.4. The molecule has 0 atom stereocenters. The van der Waals surface area contributed by atoms with Gasteiger partial charge in [-0.25, -0.2) is 4.98 Å². The first-order chi connectivity index (χ1) is 12.8. The number of carbonyl (C=O) groups excluding carboxylic acids is 1. The van der Waals surface area contributed by atoms with Gasteiger partial charge in [-0.1, -0.05) is 23.3 Å². The molecule has 0 aliphatic carbocycles. The van der Waals surface area contributed by atoms with E-state index in [-0.39, 0.29) is 5.91 Å². The normalized spacial score (nSPS) is 14.9. The Morgan fingerprint density at radius 2 is 1.92 bits per heavy atom. The molecular formula is C17H17N7OS. The highest BCUT2D eigenvalue weighted by atomic mass is 32.1. The molecule has 1 amide bonds. The van der Waals surface area contributed by atoms with Crippen LogP contribution in [-0.4, -0.2) is 62.2 Å². The van der Waals surface area contributed by atoms with E-state index in [0.717, 1.165) is 10.7 Å². The SMILES string of the molecule is O=C(/C=C/c1nccs1)N1CCN(c2nnnn2-c2ccccc2)CC1. The van der Waals surface area contributed by atoms with Gasteiger partial charge in [0.25, 0.3) is 0 Å². The van der Waals surface area contributed by atoms with Gasteiger partial charge in [-0.3, -0.25) is 4.79 Å². The minimum absolute atomic E-state index is 0.00232. The van der Waals surface area contributed by atoms with E-state index in [2.05, 4.69) is 25.4 Å². The molecule has 1 aromatic carbocycles. The quantitative estimate of drug-likeness (QED) is 0.650. The minimum Gasteiger partial charge on any atom is -0.336 e. The molecule has 0 radical (unpaired) electrons. The molecule has 0 N–H and O–H groups in total. The minimum atomic E-state index is 0.00232. The maximum atomic E-state index is 12.3. The molecule has 4 rings (SSSR count). The van der Waals surface area contributed by atoms with Crippen LogP contribution >= 0.6 is 11.3 Å². The van der Waals surface area contributed by atoms with E-state index in [1.54, 1.807) is 23.0 Å². The molecule has 0 bridgehead atoms. The van der Waals surface area contributed by atoms with E-state index in [1.807, 2.05) is 40.6 Å². The Morgan fingerprint density at radius 1 is 1.12 bits per heavy atom. The van der Waals surface area contributed by atoms with E-state index in [9.17, 15) is 4.79 Å². The highest BCUT2D eigenvalue weighted by Crippen LogP contribution is 2.17. The van der Waals surface area contributed by atoms with Crippen LogP contribution in [0.3, 0.4) is 0 Å². The summed E-state index contributed by atoms with van der Waals surface area (Å²) in [5, 5.41) is 14.8. The average molecular weight is 367 g/mol. The fraction of sp³-hybridized carbons (Fsp3) is 0.235. The van der Waals surface area contributed by atoms with Crippen molar-refractivity contribution in [2.75, 3.05) is 31.1 Å². The van der Waals surface area contributed by atoms with Crippen LogP contribution in [0.1, 0.15) is 5.01 Å². The molecule has 3 heterocycles. The van der Waals surface area contributed by atoms with E-state index in [4.69, 9.17) is 0 Å². The first-order valence-corrected chi connectivity index (χ1v) is 9.14. The smallest absolute Gasteiger partial charge is 0.250 e. The fourth-order valence-corrected chi connectivity index (χ4v) is 3.34. The Bertz CT molecular complexity index is 883. The number of tetrazole rings is 1. The predicted molar refractivity (Wildman–Crippen MR) is 99.1 cm³/mol. The van der Waals surface area contributed by atoms with Gasteiger partial charge in [0.05, 0.1) is 5.69 Å². The molecule has 0 spiro atoms. The average Bonchev–Trinajstić information content (AvgIpc) is 3.39. The lowest BCUT2D eigenvalue weighted by molar-refractivity contribution is -0.126. The van der Waals surface area contributed by atoms with Crippen molar-refractivity contribution >= 4 is 29.3 Å². The lowest BCUT2D eigenvalue weighted by atomic mass is 10.3. The highest BCUT2D eigenvalue weighted by Gasteiger charge is 2.23. The van der Waals surface area contributed by atoms with Crippen molar-refractivity contribution in [1.29, 1.82) is 0 Å². The third-order valence-corrected chi connectivity index (χ3v) is 4.89. The maximum Gasteiger partial charge on any atom is 0.250 e. The fourth-order valence-electron chi connectivity index (χ4n) is 2.81. The van der Waals surface area contributed by atoms with Crippen molar-refractivity contribution in [3.05, 3.63) is 53.0 Å². The van der Waals surface area contributed by atoms with Crippen LogP contribution in [0.15, 0.2) is 48.0 Å². The van der Waals surface area contributed by atoms with Gasteiger partial charge in [0.15, 0.2) is 0 Å². The molecule has 2 aromatic heterocycles. The number of thiazole rings is 1. The van der Waals surface area contributed by atoms with Crippen LogP contribution in [-0.2, 0) is 4.79 Å². The second kappa shape index (κ2) is 7.44. The Kier molecular flexibility index (Phi) is 4.69. The van der Waals surface area contributed by atoms with Crippen molar-refractivity contribution in [2.24, 2.45) is 0 Å². The first-order valence-electron chi connectivity index (χ1n) is 8.26. The molecule has 3 aromatic rings. The van der Waals surface area contributed by atoms with Crippen LogP contribution in [0.25, 0.3) is 11.8 Å². The molecule has 0 unspecified atom stereocenters. The Hall–Kier alpha value is -3.07. The third kappa shape index (κ3) is 3.47. The van der Waals surface area contributed by atoms with Gasteiger partial charge in [-0.2, -0.15) is 4.68 Å². The number of piperazine rings is 1. The molecule has 132 valence electrons. The lowest BCUT2D eigenvalue weighted by Gasteiger charge is -2.34. The van der Waals surface area contributed by atoms with E-state index < -0.39 is 0 Å². The summed E-state index contributed by atoms with van der Waals surface area (Å²) in [6.45, 7) is 2.62. The number of hydrogen-bond acceptors (Lipinski definition) is 7. The zero-order valence-electron chi connectivity index (χ0n) is 14.0. The van der Waals surface area contributed by atoms with Crippen LogP contribution < -0.4 is 4.90 Å². The largest absolute Gasteiger partial charge is 0.336 e. The summed E-state index contributed by atoms with van der Waals surface area (Å²) in [6, 6.07) is 9.78. The third-order valence-electron chi connectivity index (χ3n) is 4.15. The second-order valence-electron chi connectivity index (χ2n) is 5.74. The summed E-state index contributed by atoms with van der Waals surface area (Å²) in [6.07, 6.45) is 5.07. The van der Waals surface area contributed by atoms with Gasteiger partial charge in [-0.05, 0) is 28.6 Å². The van der Waals surface area contributed by atoms with Crippen molar-refractivity contribution < 1.29 is 4.79 Å². The number of rotatable bonds is 4. The van der Waals surface area contributed by atoms with Crippen LogP contribution in [0.2, 0.25) is 0 Å². The zero-order valence-corrected chi connectivity index (χ0v) is 14.8. The van der Waals surface area contributed by atoms with Gasteiger partial charge < -0.3 is 9.80 Å². The van der Waals surface area contributed by atoms with Crippen LogP contribution in [0, 0.1) is 0 Å². The van der Waals surface area contributed by atoms with Gasteiger partial charge in [0, 0.05) is 43.8 Å². The number of aromatic nitrogens is 5. The molecular weight excluding hydrogens is 350 g/mol. The monoisotopic (exact) mass is 367 g/mol. The van der Waals surface area contributed by atoms with Gasteiger partial charge in [0.2, 0.25) is 11.9 Å². The maximum absolute atomic E-state index is 12.3. The van der Waals surface area contributed by atoms with E-state index in [0.29, 0.717) is 32.1 Å². The number of anilines is 1. The number of nitrogens with zero attached hydrogens (tertiary/aromatic N) is 7. The molecule has 26 heavy (non-hydrogen) atoms. The lowest BCUT2D eigenvalue weighted by Crippen LogP contribution is -2.49. The van der Waals surface area contributed by atoms with Crippen molar-refractivity contribution in [2.45, 2.75) is 0 Å². The van der Waals surface area contributed by atoms with E-state index >= 15 is 0 Å². The number of amides is 1. The molecule has 0 saturated carbocycles. The molecule has 1 aliphatic heterocycles. The number of carbonyl (C=O) groups is 1. The zero-order chi connectivity index (χ0) is 17.8. The van der Waals surface area contributed by atoms with Gasteiger partial charge >= 0.3 is 0 Å². The van der Waals surface area contributed by atoms with Gasteiger partial charge in [0.1, 0.15) is 5.01 Å². The van der Waals surface area contributed by atoms with Gasteiger partial charge in [-0.15, -0.1) is 11.3 Å². The summed E-state index contributed by atoms with van der Waals surface area (Å²) < 4.78 is 1.72.